The van der Waals surface area contributed by atoms with Crippen LogP contribution in [0.2, 0.25) is 0 Å². The van der Waals surface area contributed by atoms with E-state index in [1.54, 1.807) is 11.9 Å². The summed E-state index contributed by atoms with van der Waals surface area (Å²) in [5, 5.41) is 3.97. The van der Waals surface area contributed by atoms with Crippen molar-refractivity contribution in [2.75, 3.05) is 7.05 Å². The van der Waals surface area contributed by atoms with Gasteiger partial charge in [-0.25, -0.2) is 4.99 Å². The quantitative estimate of drug-likeness (QED) is 0.739. The second-order valence-electron chi connectivity index (χ2n) is 9.27. The van der Waals surface area contributed by atoms with Gasteiger partial charge in [0.2, 0.25) is 0 Å². The van der Waals surface area contributed by atoms with Gasteiger partial charge >= 0.3 is 0 Å². The van der Waals surface area contributed by atoms with Crippen LogP contribution in [0.5, 0.6) is 0 Å². The highest BCUT2D eigenvalue weighted by atomic mass is 16.2. The van der Waals surface area contributed by atoms with E-state index in [-0.39, 0.29) is 11.9 Å². The van der Waals surface area contributed by atoms with Gasteiger partial charge < -0.3 is 11.1 Å². The second kappa shape index (κ2) is 8.86. The molecule has 1 aliphatic heterocycles. The lowest BCUT2D eigenvalue weighted by atomic mass is 9.72. The average Bonchev–Trinajstić information content (AvgIpc) is 3.35. The Hall–Kier alpha value is -1.88. The van der Waals surface area contributed by atoms with Crippen LogP contribution >= 0.6 is 0 Å². The molecule has 1 aromatic carbocycles. The molecule has 1 unspecified atom stereocenters. The van der Waals surface area contributed by atoms with Gasteiger partial charge in [0.05, 0.1) is 0 Å². The number of nitrogens with one attached hydrogen (secondary N) is 1. The molecule has 0 bridgehead atoms. The van der Waals surface area contributed by atoms with Gasteiger partial charge in [-0.05, 0) is 50.0 Å². The van der Waals surface area contributed by atoms with Crippen molar-refractivity contribution < 1.29 is 4.79 Å². The van der Waals surface area contributed by atoms with Crippen LogP contribution in [0.3, 0.4) is 0 Å². The van der Waals surface area contributed by atoms with Gasteiger partial charge in [-0.3, -0.25) is 9.69 Å². The standard InChI is InChI=1S/C24H36N4O/c1-28-22(29)24(27-23(28)25,17-16-18-10-4-2-5-11-18)21(19-12-6-3-7-13-19)26-20-14-8-9-15-20/h2,4-5,10-11,19-21,26H,3,6-9,12-17H2,1H3,(H2,25,27)/t21?,24-/m1/s1. The minimum Gasteiger partial charge on any atom is -0.369 e. The van der Waals surface area contributed by atoms with Crippen molar-refractivity contribution in [3.05, 3.63) is 35.9 Å². The van der Waals surface area contributed by atoms with Crippen molar-refractivity contribution in [1.29, 1.82) is 0 Å². The highest BCUT2D eigenvalue weighted by Gasteiger charge is 2.54. The lowest BCUT2D eigenvalue weighted by Crippen LogP contribution is -2.61. The van der Waals surface area contributed by atoms with Crippen molar-refractivity contribution in [1.82, 2.24) is 10.2 Å². The number of amides is 1. The Morgan fingerprint density at radius 1 is 1.10 bits per heavy atom. The van der Waals surface area contributed by atoms with Crippen molar-refractivity contribution in [3.8, 4) is 0 Å². The molecule has 2 saturated carbocycles. The van der Waals surface area contributed by atoms with Gasteiger partial charge in [0, 0.05) is 19.1 Å². The van der Waals surface area contributed by atoms with Crippen LogP contribution in [0.1, 0.15) is 69.8 Å². The first-order valence-corrected chi connectivity index (χ1v) is 11.5. The topological polar surface area (TPSA) is 70.7 Å². The Morgan fingerprint density at radius 3 is 2.38 bits per heavy atom. The number of hydrogen-bond acceptors (Lipinski definition) is 4. The van der Waals surface area contributed by atoms with Crippen LogP contribution in [0.25, 0.3) is 0 Å². The first kappa shape index (κ1) is 20.4. The number of carbonyl (C=O) groups excluding carboxylic acids is 1. The zero-order valence-corrected chi connectivity index (χ0v) is 17.8. The van der Waals surface area contributed by atoms with Crippen LogP contribution in [0, 0.1) is 5.92 Å². The van der Waals surface area contributed by atoms with E-state index in [4.69, 9.17) is 10.7 Å². The molecular weight excluding hydrogens is 360 g/mol. The molecule has 0 aromatic heterocycles. The summed E-state index contributed by atoms with van der Waals surface area (Å²) in [6, 6.07) is 11.0. The fourth-order valence-corrected chi connectivity index (χ4v) is 5.70. The number of likely N-dealkylation sites (N-methyl/N-ethyl adjacent to an activating group) is 1. The van der Waals surface area contributed by atoms with Crippen molar-refractivity contribution in [2.45, 2.75) is 88.3 Å². The zero-order chi connectivity index (χ0) is 20.3. The van der Waals surface area contributed by atoms with Crippen molar-refractivity contribution in [2.24, 2.45) is 16.6 Å². The summed E-state index contributed by atoms with van der Waals surface area (Å²) in [5.74, 6) is 0.941. The third-order valence-electron chi connectivity index (χ3n) is 7.38. The Morgan fingerprint density at radius 2 is 1.76 bits per heavy atom. The normalized spacial score (nSPS) is 27.4. The first-order valence-electron chi connectivity index (χ1n) is 11.5. The number of carbonyl (C=O) groups is 1. The molecule has 0 radical (unpaired) electrons. The van der Waals surface area contributed by atoms with Crippen LogP contribution in [-0.4, -0.2) is 41.4 Å². The fourth-order valence-electron chi connectivity index (χ4n) is 5.70. The number of nitrogens with zero attached hydrogens (tertiary/aromatic N) is 2. The summed E-state index contributed by atoms with van der Waals surface area (Å²) in [6.07, 6.45) is 12.7. The summed E-state index contributed by atoms with van der Waals surface area (Å²) >= 11 is 0. The highest BCUT2D eigenvalue weighted by Crippen LogP contribution is 2.39. The van der Waals surface area contributed by atoms with E-state index in [1.807, 2.05) is 6.07 Å². The molecule has 2 aliphatic carbocycles. The van der Waals surface area contributed by atoms with E-state index < -0.39 is 5.54 Å². The number of nitrogens with two attached hydrogens (primary N) is 1. The predicted molar refractivity (Wildman–Crippen MR) is 118 cm³/mol. The summed E-state index contributed by atoms with van der Waals surface area (Å²) in [5.41, 5.74) is 6.69. The molecule has 2 atom stereocenters. The van der Waals surface area contributed by atoms with Crippen LogP contribution in [-0.2, 0) is 11.2 Å². The van der Waals surface area contributed by atoms with Gasteiger partial charge in [-0.2, -0.15) is 0 Å². The van der Waals surface area contributed by atoms with Gasteiger partial charge in [0.15, 0.2) is 11.5 Å². The number of aliphatic imine (C=N–C) groups is 1. The Bertz CT molecular complexity index is 722. The van der Waals surface area contributed by atoms with Crippen LogP contribution < -0.4 is 11.1 Å². The summed E-state index contributed by atoms with van der Waals surface area (Å²) < 4.78 is 0. The SMILES string of the molecule is CN1C(=O)[C@@](CCc2ccccc2)(C(NC2CCCC2)C2CCCCC2)N=C1N. The van der Waals surface area contributed by atoms with Crippen LogP contribution in [0.4, 0.5) is 0 Å². The van der Waals surface area contributed by atoms with Gasteiger partial charge in [0.1, 0.15) is 0 Å². The Balaban J connectivity index is 1.66. The summed E-state index contributed by atoms with van der Waals surface area (Å²) in [4.78, 5) is 20.1. The van der Waals surface area contributed by atoms with Gasteiger partial charge in [-0.15, -0.1) is 0 Å². The maximum Gasteiger partial charge on any atom is 0.258 e. The first-order chi connectivity index (χ1) is 14.1. The van der Waals surface area contributed by atoms with E-state index >= 15 is 0 Å². The van der Waals surface area contributed by atoms with Crippen LogP contribution in [0.15, 0.2) is 35.3 Å². The average molecular weight is 397 g/mol. The predicted octanol–water partition coefficient (Wildman–Crippen LogP) is 3.63. The maximum atomic E-state index is 13.6. The van der Waals surface area contributed by atoms with E-state index in [0.717, 1.165) is 6.42 Å². The fraction of sp³-hybridized carbons (Fsp3) is 0.667. The number of benzene rings is 1. The smallest absolute Gasteiger partial charge is 0.258 e. The number of hydrogen-bond donors (Lipinski definition) is 2. The lowest BCUT2D eigenvalue weighted by Gasteiger charge is -2.42. The van der Waals surface area contributed by atoms with E-state index in [1.165, 1.54) is 63.4 Å². The van der Waals surface area contributed by atoms with E-state index in [9.17, 15) is 4.79 Å². The molecule has 5 heteroatoms. The van der Waals surface area contributed by atoms with E-state index in [0.29, 0.717) is 24.3 Å². The number of rotatable bonds is 7. The van der Waals surface area contributed by atoms with E-state index in [2.05, 4.69) is 29.6 Å². The zero-order valence-electron chi connectivity index (χ0n) is 17.8. The molecule has 1 aromatic rings. The number of aryl methyl sites for hydroxylation is 1. The minimum absolute atomic E-state index is 0.0746. The molecule has 1 amide bonds. The summed E-state index contributed by atoms with van der Waals surface area (Å²) in [7, 11) is 1.78. The third kappa shape index (κ3) is 4.20. The molecule has 3 N–H and O–H groups in total. The lowest BCUT2D eigenvalue weighted by molar-refractivity contribution is -0.132. The third-order valence-corrected chi connectivity index (χ3v) is 7.38. The maximum absolute atomic E-state index is 13.6. The highest BCUT2D eigenvalue weighted by molar-refractivity contribution is 6.07. The Kier molecular flexibility index (Phi) is 6.23. The molecule has 0 saturated heterocycles. The molecule has 1 heterocycles. The molecule has 4 rings (SSSR count). The summed E-state index contributed by atoms with van der Waals surface area (Å²) in [6.45, 7) is 0. The number of guanidine groups is 1. The monoisotopic (exact) mass is 396 g/mol. The van der Waals surface area contributed by atoms with Crippen molar-refractivity contribution >= 4 is 11.9 Å². The van der Waals surface area contributed by atoms with Crippen molar-refractivity contribution in [3.63, 3.8) is 0 Å². The molecule has 158 valence electrons. The molecule has 5 nitrogen and oxygen atoms in total. The minimum atomic E-state index is -0.779. The molecule has 3 aliphatic rings. The van der Waals surface area contributed by atoms with Gasteiger partial charge in [0.25, 0.3) is 5.91 Å². The molecule has 2 fully saturated rings. The second-order valence-corrected chi connectivity index (χ2v) is 9.27. The Labute approximate surface area is 175 Å². The largest absolute Gasteiger partial charge is 0.369 e. The molecule has 29 heavy (non-hydrogen) atoms. The molecular formula is C24H36N4O. The van der Waals surface area contributed by atoms with Gasteiger partial charge in [-0.1, -0.05) is 62.4 Å². The molecule has 0 spiro atoms.